The molecule has 0 bridgehead atoms. The molecule has 0 N–H and O–H groups in total. The molecule has 0 spiro atoms. The van der Waals surface area contributed by atoms with Crippen molar-refractivity contribution in [3.8, 4) is 6.07 Å². The first-order chi connectivity index (χ1) is 6.15. The Labute approximate surface area is 100 Å². The normalized spacial score (nSPS) is 10.6. The lowest BCUT2D eigenvalue weighted by Crippen LogP contribution is -1.70. The second kappa shape index (κ2) is 3.35. The zero-order valence-electron chi connectivity index (χ0n) is 6.52. The van der Waals surface area contributed by atoms with Gasteiger partial charge in [0.15, 0.2) is 0 Å². The summed E-state index contributed by atoms with van der Waals surface area (Å²) in [5.41, 5.74) is 0.800. The predicted molar refractivity (Wildman–Crippen MR) is 64.6 cm³/mol. The van der Waals surface area contributed by atoms with Crippen LogP contribution in [-0.2, 0) is 0 Å². The van der Waals surface area contributed by atoms with Crippen LogP contribution in [0.1, 0.15) is 10.4 Å². The van der Waals surface area contributed by atoms with Crippen LogP contribution < -0.4 is 0 Å². The molecule has 2 aromatic heterocycles. The molecule has 0 amide bonds. The monoisotopic (exact) mass is 335 g/mol. The van der Waals surface area contributed by atoms with Crippen molar-refractivity contribution in [1.29, 1.82) is 5.26 Å². The highest BCUT2D eigenvalue weighted by Gasteiger charge is 2.16. The highest BCUT2D eigenvalue weighted by Crippen LogP contribution is 2.45. The first-order valence-electron chi connectivity index (χ1n) is 3.42. The van der Waals surface area contributed by atoms with E-state index in [1.807, 2.05) is 6.92 Å². The van der Waals surface area contributed by atoms with Crippen LogP contribution in [-0.4, -0.2) is 0 Å². The number of hydrogen-bond acceptors (Lipinski definition) is 3. The number of thiophene rings is 2. The Bertz CT molecular complexity index is 518. The first kappa shape index (κ1) is 9.66. The number of nitrogens with zero attached hydrogens (tertiary/aromatic N) is 1. The van der Waals surface area contributed by atoms with Crippen molar-refractivity contribution >= 4 is 64.6 Å². The van der Waals surface area contributed by atoms with Crippen molar-refractivity contribution in [1.82, 2.24) is 0 Å². The summed E-state index contributed by atoms with van der Waals surface area (Å²) in [6, 6.07) is 2.24. The third-order valence-corrected chi connectivity index (χ3v) is 5.80. The lowest BCUT2D eigenvalue weighted by Gasteiger charge is -1.84. The standard InChI is InChI=1S/C8H3Br2NS2/c1-3-4(2-11)5-6(12-3)8(10)13-7(5)9/h1H3. The van der Waals surface area contributed by atoms with E-state index in [0.29, 0.717) is 0 Å². The lowest BCUT2D eigenvalue weighted by molar-refractivity contribution is 1.48. The maximum absolute atomic E-state index is 8.96. The number of halogens is 2. The average Bonchev–Trinajstić information content (AvgIpc) is 2.52. The molecule has 0 atom stereocenters. The van der Waals surface area contributed by atoms with Crippen LogP contribution in [0.3, 0.4) is 0 Å². The smallest absolute Gasteiger partial charge is 0.101 e. The van der Waals surface area contributed by atoms with Gasteiger partial charge in [0, 0.05) is 10.3 Å². The van der Waals surface area contributed by atoms with Gasteiger partial charge in [-0.25, -0.2) is 0 Å². The number of fused-ring (bicyclic) bond motifs is 1. The minimum Gasteiger partial charge on any atom is -0.192 e. The van der Waals surface area contributed by atoms with Gasteiger partial charge < -0.3 is 0 Å². The summed E-state index contributed by atoms with van der Waals surface area (Å²) in [4.78, 5) is 1.08. The second-order valence-electron chi connectivity index (χ2n) is 2.50. The maximum atomic E-state index is 8.96. The van der Waals surface area contributed by atoms with Gasteiger partial charge in [-0.1, -0.05) is 0 Å². The number of hydrogen-bond donors (Lipinski definition) is 0. The van der Waals surface area contributed by atoms with E-state index in [2.05, 4.69) is 37.9 Å². The molecule has 0 saturated carbocycles. The van der Waals surface area contributed by atoms with Crippen molar-refractivity contribution < 1.29 is 0 Å². The van der Waals surface area contributed by atoms with Crippen LogP contribution in [0.15, 0.2) is 7.57 Å². The third-order valence-electron chi connectivity index (χ3n) is 1.75. The Hall–Kier alpha value is 0.110. The van der Waals surface area contributed by atoms with Crippen molar-refractivity contribution in [2.45, 2.75) is 6.92 Å². The first-order valence-corrected chi connectivity index (χ1v) is 6.64. The van der Waals surface area contributed by atoms with Crippen LogP contribution in [0.2, 0.25) is 0 Å². The fraction of sp³-hybridized carbons (Fsp3) is 0.125. The van der Waals surface area contributed by atoms with E-state index >= 15 is 0 Å². The van der Waals surface area contributed by atoms with Crippen molar-refractivity contribution in [2.75, 3.05) is 0 Å². The topological polar surface area (TPSA) is 23.8 Å². The van der Waals surface area contributed by atoms with Gasteiger partial charge in [0.2, 0.25) is 0 Å². The molecule has 0 aromatic carbocycles. The van der Waals surface area contributed by atoms with E-state index in [0.717, 1.165) is 23.4 Å². The fourth-order valence-electron chi connectivity index (χ4n) is 1.18. The molecule has 0 aliphatic rings. The molecule has 0 fully saturated rings. The minimum absolute atomic E-state index is 0.800. The summed E-state index contributed by atoms with van der Waals surface area (Å²) >= 11 is 10.2. The molecule has 5 heteroatoms. The van der Waals surface area contributed by atoms with Gasteiger partial charge in [0.1, 0.15) is 6.07 Å². The Kier molecular flexibility index (Phi) is 2.49. The molecule has 0 aliphatic carbocycles. The molecule has 2 heterocycles. The van der Waals surface area contributed by atoms with Crippen LogP contribution in [0.5, 0.6) is 0 Å². The zero-order valence-corrected chi connectivity index (χ0v) is 11.3. The number of rotatable bonds is 0. The molecule has 0 saturated heterocycles. The molecule has 66 valence electrons. The molecule has 2 rings (SSSR count). The van der Waals surface area contributed by atoms with Crippen molar-refractivity contribution in [2.24, 2.45) is 0 Å². The van der Waals surface area contributed by atoms with E-state index in [4.69, 9.17) is 5.26 Å². The Balaban J connectivity index is 2.99. The van der Waals surface area contributed by atoms with Gasteiger partial charge in [-0.2, -0.15) is 5.26 Å². The average molecular weight is 337 g/mol. The van der Waals surface area contributed by atoms with Crippen LogP contribution in [0.4, 0.5) is 0 Å². The summed E-state index contributed by atoms with van der Waals surface area (Å²) in [6.07, 6.45) is 0. The summed E-state index contributed by atoms with van der Waals surface area (Å²) in [5, 5.41) is 10.0. The highest BCUT2D eigenvalue weighted by atomic mass is 79.9. The van der Waals surface area contributed by atoms with Crippen LogP contribution in [0.25, 0.3) is 10.1 Å². The third kappa shape index (κ3) is 1.37. The molecule has 0 unspecified atom stereocenters. The quantitative estimate of drug-likeness (QED) is 0.686. The lowest BCUT2D eigenvalue weighted by atomic mass is 10.2. The van der Waals surface area contributed by atoms with E-state index in [9.17, 15) is 0 Å². The zero-order chi connectivity index (χ0) is 9.59. The van der Waals surface area contributed by atoms with Crippen molar-refractivity contribution in [3.63, 3.8) is 0 Å². The van der Waals surface area contributed by atoms with Crippen LogP contribution >= 0.6 is 54.5 Å². The largest absolute Gasteiger partial charge is 0.192 e. The molecular formula is C8H3Br2NS2. The molecular weight excluding hydrogens is 334 g/mol. The van der Waals surface area contributed by atoms with Gasteiger partial charge in [-0.15, -0.1) is 22.7 Å². The van der Waals surface area contributed by atoms with E-state index in [1.165, 1.54) is 4.70 Å². The molecule has 1 nitrogen and oxygen atoms in total. The minimum atomic E-state index is 0.800. The molecule has 2 aromatic rings. The van der Waals surface area contributed by atoms with Crippen LogP contribution in [0, 0.1) is 18.3 Å². The van der Waals surface area contributed by atoms with Crippen molar-refractivity contribution in [3.05, 3.63) is 18.0 Å². The maximum Gasteiger partial charge on any atom is 0.101 e. The van der Waals surface area contributed by atoms with Gasteiger partial charge in [-0.3, -0.25) is 0 Å². The highest BCUT2D eigenvalue weighted by molar-refractivity contribution is 9.12. The number of nitriles is 1. The Morgan fingerprint density at radius 2 is 1.92 bits per heavy atom. The second-order valence-corrected chi connectivity index (χ2v) is 7.38. The number of aryl methyl sites for hydroxylation is 1. The van der Waals surface area contributed by atoms with Gasteiger partial charge in [0.05, 0.1) is 17.8 Å². The van der Waals surface area contributed by atoms with Gasteiger partial charge in [-0.05, 0) is 38.8 Å². The molecule has 13 heavy (non-hydrogen) atoms. The summed E-state index contributed by atoms with van der Waals surface area (Å²) in [5.74, 6) is 0. The fourth-order valence-corrected chi connectivity index (χ4v) is 5.69. The Morgan fingerprint density at radius 1 is 1.23 bits per heavy atom. The van der Waals surface area contributed by atoms with E-state index in [1.54, 1.807) is 22.7 Å². The van der Waals surface area contributed by atoms with E-state index in [-0.39, 0.29) is 0 Å². The summed E-state index contributed by atoms with van der Waals surface area (Å²) < 4.78 is 3.31. The van der Waals surface area contributed by atoms with Gasteiger partial charge in [0.25, 0.3) is 0 Å². The summed E-state index contributed by atoms with van der Waals surface area (Å²) in [6.45, 7) is 1.98. The van der Waals surface area contributed by atoms with E-state index < -0.39 is 0 Å². The predicted octanol–water partition coefficient (Wildman–Crippen LogP) is 4.67. The SMILES string of the molecule is Cc1sc2c(Br)sc(Br)c2c1C#N. The molecule has 0 aliphatic heterocycles. The Morgan fingerprint density at radius 3 is 2.54 bits per heavy atom. The molecule has 0 radical (unpaired) electrons. The van der Waals surface area contributed by atoms with Gasteiger partial charge >= 0.3 is 0 Å². The summed E-state index contributed by atoms with van der Waals surface area (Å²) in [7, 11) is 0.